The van der Waals surface area contributed by atoms with E-state index >= 15 is 0 Å². The number of carbonyl (C=O) groups is 2. The molecular formula is C22H20FN3O2. The molecule has 142 valence electrons. The first-order valence-corrected chi connectivity index (χ1v) is 8.89. The van der Waals surface area contributed by atoms with Crippen LogP contribution in [0.15, 0.2) is 66.7 Å². The average molecular weight is 377 g/mol. The average Bonchev–Trinajstić information content (AvgIpc) is 2.71. The van der Waals surface area contributed by atoms with E-state index in [9.17, 15) is 14.0 Å². The van der Waals surface area contributed by atoms with Gasteiger partial charge >= 0.3 is 0 Å². The highest BCUT2D eigenvalue weighted by molar-refractivity contribution is 6.03. The van der Waals surface area contributed by atoms with Crippen molar-refractivity contribution >= 4 is 17.5 Å². The van der Waals surface area contributed by atoms with Crippen LogP contribution < -0.4 is 10.6 Å². The zero-order valence-corrected chi connectivity index (χ0v) is 15.4. The van der Waals surface area contributed by atoms with Gasteiger partial charge in [-0.15, -0.1) is 0 Å². The zero-order valence-electron chi connectivity index (χ0n) is 15.4. The van der Waals surface area contributed by atoms with Crippen LogP contribution in [-0.2, 0) is 6.42 Å². The third-order valence-electron chi connectivity index (χ3n) is 4.16. The highest BCUT2D eigenvalue weighted by atomic mass is 19.1. The lowest BCUT2D eigenvalue weighted by atomic mass is 10.1. The summed E-state index contributed by atoms with van der Waals surface area (Å²) < 4.78 is 13.6. The van der Waals surface area contributed by atoms with Crippen molar-refractivity contribution in [1.29, 1.82) is 0 Å². The van der Waals surface area contributed by atoms with E-state index in [0.717, 1.165) is 5.56 Å². The minimum Gasteiger partial charge on any atom is -0.350 e. The molecule has 2 aromatic carbocycles. The molecule has 3 rings (SSSR count). The molecule has 0 fully saturated rings. The van der Waals surface area contributed by atoms with Crippen LogP contribution in [0.3, 0.4) is 0 Å². The normalized spacial score (nSPS) is 10.4. The van der Waals surface area contributed by atoms with Crippen molar-refractivity contribution in [2.45, 2.75) is 13.3 Å². The monoisotopic (exact) mass is 377 g/mol. The highest BCUT2D eigenvalue weighted by Crippen LogP contribution is 2.11. The molecular weight excluding hydrogens is 357 g/mol. The summed E-state index contributed by atoms with van der Waals surface area (Å²) in [6, 6.07) is 18.5. The summed E-state index contributed by atoms with van der Waals surface area (Å²) in [6.45, 7) is 2.22. The van der Waals surface area contributed by atoms with E-state index in [1.54, 1.807) is 42.5 Å². The fourth-order valence-electron chi connectivity index (χ4n) is 2.62. The first-order valence-electron chi connectivity index (χ1n) is 8.89. The first-order chi connectivity index (χ1) is 13.5. The van der Waals surface area contributed by atoms with Crippen LogP contribution in [-0.4, -0.2) is 23.3 Å². The maximum atomic E-state index is 13.6. The Hall–Kier alpha value is -3.54. The van der Waals surface area contributed by atoms with Gasteiger partial charge in [0.2, 0.25) is 0 Å². The second-order valence-electron chi connectivity index (χ2n) is 6.33. The largest absolute Gasteiger partial charge is 0.350 e. The molecule has 0 spiro atoms. The lowest BCUT2D eigenvalue weighted by Crippen LogP contribution is -2.27. The molecule has 5 nitrogen and oxygen atoms in total. The van der Waals surface area contributed by atoms with Gasteiger partial charge in [0.25, 0.3) is 11.8 Å². The number of aryl methyl sites for hydroxylation is 1. The van der Waals surface area contributed by atoms with Crippen LogP contribution in [0.25, 0.3) is 0 Å². The highest BCUT2D eigenvalue weighted by Gasteiger charge is 2.12. The van der Waals surface area contributed by atoms with E-state index in [1.165, 1.54) is 12.1 Å². The number of halogens is 1. The Morgan fingerprint density at radius 3 is 2.29 bits per heavy atom. The van der Waals surface area contributed by atoms with E-state index in [1.807, 2.05) is 19.1 Å². The van der Waals surface area contributed by atoms with Crippen molar-refractivity contribution in [3.63, 3.8) is 0 Å². The van der Waals surface area contributed by atoms with Gasteiger partial charge < -0.3 is 10.6 Å². The quantitative estimate of drug-likeness (QED) is 0.687. The number of nitrogens with zero attached hydrogens (tertiary/aromatic N) is 1. The Bertz CT molecular complexity index is 987. The first kappa shape index (κ1) is 19.2. The number of amides is 2. The number of carbonyl (C=O) groups excluding carboxylic acids is 2. The molecule has 0 atom stereocenters. The number of rotatable bonds is 6. The molecule has 0 bridgehead atoms. The molecule has 0 aliphatic carbocycles. The van der Waals surface area contributed by atoms with Crippen molar-refractivity contribution in [2.75, 3.05) is 11.9 Å². The number of pyridine rings is 1. The molecule has 2 amide bonds. The van der Waals surface area contributed by atoms with Gasteiger partial charge in [0.1, 0.15) is 17.2 Å². The molecule has 0 saturated heterocycles. The number of hydrogen-bond donors (Lipinski definition) is 2. The number of aromatic nitrogens is 1. The standard InChI is InChI=1S/C22H20FN3O2/c1-15-9-11-17(12-10-15)25-22(28)20-8-4-7-19(26-20)21(27)24-14-13-16-5-2-3-6-18(16)23/h2-12H,13-14H2,1H3,(H,24,27)(H,25,28). The Morgan fingerprint density at radius 1 is 0.893 bits per heavy atom. The SMILES string of the molecule is Cc1ccc(NC(=O)c2cccc(C(=O)NCCc3ccccc3F)n2)cc1. The molecule has 0 unspecified atom stereocenters. The van der Waals surface area contributed by atoms with Crippen molar-refractivity contribution in [1.82, 2.24) is 10.3 Å². The maximum Gasteiger partial charge on any atom is 0.274 e. The molecule has 28 heavy (non-hydrogen) atoms. The molecule has 3 aromatic rings. The van der Waals surface area contributed by atoms with Crippen molar-refractivity contribution in [2.24, 2.45) is 0 Å². The summed E-state index contributed by atoms with van der Waals surface area (Å²) in [4.78, 5) is 28.8. The molecule has 1 heterocycles. The van der Waals surface area contributed by atoms with Crippen LogP contribution in [0.4, 0.5) is 10.1 Å². The van der Waals surface area contributed by atoms with Gasteiger partial charge in [-0.05, 0) is 49.2 Å². The summed E-state index contributed by atoms with van der Waals surface area (Å²) in [7, 11) is 0. The molecule has 0 saturated carbocycles. The van der Waals surface area contributed by atoms with Gasteiger partial charge in [-0.3, -0.25) is 9.59 Å². The molecule has 2 N–H and O–H groups in total. The van der Waals surface area contributed by atoms with E-state index < -0.39 is 11.8 Å². The number of benzene rings is 2. The lowest BCUT2D eigenvalue weighted by Gasteiger charge is -2.08. The second-order valence-corrected chi connectivity index (χ2v) is 6.33. The molecule has 1 aromatic heterocycles. The topological polar surface area (TPSA) is 71.1 Å². The third-order valence-corrected chi connectivity index (χ3v) is 4.16. The van der Waals surface area contributed by atoms with Gasteiger partial charge in [-0.25, -0.2) is 9.37 Å². The van der Waals surface area contributed by atoms with Gasteiger partial charge in [-0.1, -0.05) is 42.0 Å². The third kappa shape index (κ3) is 5.01. The molecule has 0 aliphatic rings. The van der Waals surface area contributed by atoms with Crippen LogP contribution >= 0.6 is 0 Å². The fourth-order valence-corrected chi connectivity index (χ4v) is 2.62. The van der Waals surface area contributed by atoms with Crippen LogP contribution in [0.5, 0.6) is 0 Å². The van der Waals surface area contributed by atoms with Gasteiger partial charge in [0.05, 0.1) is 0 Å². The van der Waals surface area contributed by atoms with E-state index in [4.69, 9.17) is 0 Å². The Kier molecular flexibility index (Phi) is 6.11. The maximum absolute atomic E-state index is 13.6. The number of anilines is 1. The van der Waals surface area contributed by atoms with Crippen LogP contribution in [0, 0.1) is 12.7 Å². The van der Waals surface area contributed by atoms with Crippen LogP contribution in [0.2, 0.25) is 0 Å². The smallest absolute Gasteiger partial charge is 0.274 e. The summed E-state index contributed by atoms with van der Waals surface area (Å²) in [5, 5.41) is 5.44. The van der Waals surface area contributed by atoms with E-state index in [-0.39, 0.29) is 23.7 Å². The molecule has 6 heteroatoms. The predicted molar refractivity (Wildman–Crippen MR) is 106 cm³/mol. The summed E-state index contributed by atoms with van der Waals surface area (Å²) >= 11 is 0. The summed E-state index contributed by atoms with van der Waals surface area (Å²) in [5.41, 5.74) is 2.54. The van der Waals surface area contributed by atoms with Crippen LogP contribution in [0.1, 0.15) is 32.1 Å². The minimum absolute atomic E-state index is 0.130. The number of nitrogens with one attached hydrogen (secondary N) is 2. The number of hydrogen-bond acceptors (Lipinski definition) is 3. The molecule has 0 radical (unpaired) electrons. The Balaban J connectivity index is 1.60. The fraction of sp³-hybridized carbons (Fsp3) is 0.136. The van der Waals surface area contributed by atoms with Crippen molar-refractivity contribution in [3.8, 4) is 0 Å². The van der Waals surface area contributed by atoms with Crippen molar-refractivity contribution < 1.29 is 14.0 Å². The summed E-state index contributed by atoms with van der Waals surface area (Å²) in [5.74, 6) is -1.11. The minimum atomic E-state index is -0.415. The predicted octanol–water partition coefficient (Wildman–Crippen LogP) is 3.75. The van der Waals surface area contributed by atoms with E-state index in [0.29, 0.717) is 17.7 Å². The summed E-state index contributed by atoms with van der Waals surface area (Å²) in [6.07, 6.45) is 0.367. The zero-order chi connectivity index (χ0) is 19.9. The van der Waals surface area contributed by atoms with Gasteiger partial charge in [-0.2, -0.15) is 0 Å². The molecule has 0 aliphatic heterocycles. The Labute approximate surface area is 162 Å². The second kappa shape index (κ2) is 8.90. The van der Waals surface area contributed by atoms with Gasteiger partial charge in [0, 0.05) is 12.2 Å². The van der Waals surface area contributed by atoms with E-state index in [2.05, 4.69) is 15.6 Å². The Morgan fingerprint density at radius 2 is 1.57 bits per heavy atom. The van der Waals surface area contributed by atoms with Gasteiger partial charge in [0.15, 0.2) is 0 Å². The lowest BCUT2D eigenvalue weighted by molar-refractivity contribution is 0.0949. The van der Waals surface area contributed by atoms with Crippen molar-refractivity contribution in [3.05, 3.63) is 95.1 Å².